The molecular weight excluding hydrogens is 443 g/mol. The number of hydrogen-bond donors (Lipinski definition) is 0. The molecule has 0 spiro atoms. The second-order valence-corrected chi connectivity index (χ2v) is 10.2. The molecule has 0 atom stereocenters. The summed E-state index contributed by atoms with van der Waals surface area (Å²) in [6, 6.07) is 22.8. The van der Waals surface area contributed by atoms with Crippen LogP contribution < -0.4 is 9.64 Å². The van der Waals surface area contributed by atoms with Crippen molar-refractivity contribution in [3.63, 3.8) is 0 Å². The average molecular weight is 475 g/mol. The smallest absolute Gasteiger partial charge is 0.123 e. The van der Waals surface area contributed by atoms with Crippen LogP contribution in [0.15, 0.2) is 71.6 Å². The van der Waals surface area contributed by atoms with Gasteiger partial charge in [0.2, 0.25) is 0 Å². The van der Waals surface area contributed by atoms with Crippen LogP contribution in [-0.2, 0) is 0 Å². The highest BCUT2D eigenvalue weighted by Crippen LogP contribution is 2.45. The van der Waals surface area contributed by atoms with Crippen LogP contribution in [0.1, 0.15) is 30.5 Å². The number of methoxy groups -OCH3 is 1. The van der Waals surface area contributed by atoms with Crippen molar-refractivity contribution >= 4 is 28.6 Å². The Morgan fingerprint density at radius 1 is 0.853 bits per heavy atom. The van der Waals surface area contributed by atoms with Gasteiger partial charge in [-0.25, -0.2) is 4.39 Å². The van der Waals surface area contributed by atoms with Gasteiger partial charge < -0.3 is 9.64 Å². The number of rotatable bonds is 5. The van der Waals surface area contributed by atoms with E-state index in [1.165, 1.54) is 32.9 Å². The maximum Gasteiger partial charge on any atom is 0.123 e. The van der Waals surface area contributed by atoms with Crippen LogP contribution in [0.3, 0.4) is 0 Å². The van der Waals surface area contributed by atoms with Crippen LogP contribution in [0.5, 0.6) is 5.75 Å². The monoisotopic (exact) mass is 474 g/mol. The first-order chi connectivity index (χ1) is 16.5. The molecule has 2 aliphatic heterocycles. The minimum Gasteiger partial charge on any atom is -0.497 e. The van der Waals surface area contributed by atoms with Gasteiger partial charge in [-0.1, -0.05) is 24.3 Å². The molecule has 5 heteroatoms. The zero-order valence-corrected chi connectivity index (χ0v) is 20.9. The van der Waals surface area contributed by atoms with Gasteiger partial charge in [0, 0.05) is 48.6 Å². The summed E-state index contributed by atoms with van der Waals surface area (Å²) >= 11 is 1.81. The molecule has 0 N–H and O–H groups in total. The van der Waals surface area contributed by atoms with Crippen molar-refractivity contribution in [1.29, 1.82) is 0 Å². The predicted molar refractivity (Wildman–Crippen MR) is 141 cm³/mol. The molecule has 0 amide bonds. The Bertz CT molecular complexity index is 1180. The van der Waals surface area contributed by atoms with Crippen molar-refractivity contribution in [2.45, 2.75) is 24.8 Å². The molecule has 3 aromatic carbocycles. The molecule has 5 rings (SSSR count). The number of hydrogen-bond acceptors (Lipinski definition) is 4. The molecule has 0 aliphatic carbocycles. The third-order valence-corrected chi connectivity index (χ3v) is 7.97. The van der Waals surface area contributed by atoms with E-state index in [9.17, 15) is 4.39 Å². The second kappa shape index (κ2) is 9.85. The number of halogens is 1. The molecule has 0 unspecified atom stereocenters. The Balaban J connectivity index is 1.51. The lowest BCUT2D eigenvalue weighted by Gasteiger charge is -2.38. The van der Waals surface area contributed by atoms with E-state index in [1.807, 2.05) is 30.0 Å². The van der Waals surface area contributed by atoms with Crippen LogP contribution in [0.25, 0.3) is 11.1 Å². The molecule has 1 saturated heterocycles. The molecule has 0 aromatic heterocycles. The summed E-state index contributed by atoms with van der Waals surface area (Å²) in [6.45, 7) is 8.86. The zero-order valence-electron chi connectivity index (χ0n) is 20.1. The Morgan fingerprint density at radius 2 is 1.53 bits per heavy atom. The second-order valence-electron chi connectivity index (χ2n) is 9.17. The minimum atomic E-state index is -0.207. The van der Waals surface area contributed by atoms with E-state index < -0.39 is 0 Å². The lowest BCUT2D eigenvalue weighted by atomic mass is 9.89. The molecule has 2 aliphatic rings. The quantitative estimate of drug-likeness (QED) is 0.423. The van der Waals surface area contributed by atoms with Gasteiger partial charge in [-0.2, -0.15) is 0 Å². The van der Waals surface area contributed by atoms with E-state index in [0.717, 1.165) is 43.2 Å². The number of benzene rings is 3. The Morgan fingerprint density at radius 3 is 2.18 bits per heavy atom. The number of ether oxygens (including phenoxy) is 1. The summed E-state index contributed by atoms with van der Waals surface area (Å²) in [7, 11) is 1.70. The highest BCUT2D eigenvalue weighted by atomic mass is 32.2. The predicted octanol–water partition coefficient (Wildman–Crippen LogP) is 6.43. The van der Waals surface area contributed by atoms with Crippen molar-refractivity contribution in [1.82, 2.24) is 4.90 Å². The average Bonchev–Trinajstić information content (AvgIpc) is 2.88. The van der Waals surface area contributed by atoms with Gasteiger partial charge in [0.25, 0.3) is 0 Å². The van der Waals surface area contributed by atoms with Gasteiger partial charge in [0.05, 0.1) is 7.11 Å². The van der Waals surface area contributed by atoms with Gasteiger partial charge >= 0.3 is 0 Å². The van der Waals surface area contributed by atoms with Crippen LogP contribution >= 0.6 is 11.8 Å². The molecule has 0 bridgehead atoms. The first-order valence-electron chi connectivity index (χ1n) is 11.9. The highest BCUT2D eigenvalue weighted by Gasteiger charge is 2.24. The number of thioether (sulfide) groups is 1. The summed E-state index contributed by atoms with van der Waals surface area (Å²) in [5.41, 5.74) is 7.20. The van der Waals surface area contributed by atoms with Crippen LogP contribution in [0.4, 0.5) is 10.1 Å². The molecule has 34 heavy (non-hydrogen) atoms. The number of nitrogens with zero attached hydrogens (tertiary/aromatic N) is 2. The number of piperazine rings is 1. The molecule has 3 aromatic rings. The molecule has 2 heterocycles. The molecule has 0 radical (unpaired) electrons. The standard InChI is InChI=1S/C29H31FN2OS/c1-20(2)31-14-16-32(17-15-31)24-10-6-22(7-11-24)29-26-13-12-25(33-3)18-28(26)34-19-27(29)21-4-8-23(30)9-5-21/h4-13,18,20H,14-17,19H2,1-3H3. The van der Waals surface area contributed by atoms with Crippen molar-refractivity contribution in [2.75, 3.05) is 43.9 Å². The van der Waals surface area contributed by atoms with Crippen molar-refractivity contribution in [3.05, 3.63) is 89.2 Å². The summed E-state index contributed by atoms with van der Waals surface area (Å²) in [4.78, 5) is 6.23. The first-order valence-corrected chi connectivity index (χ1v) is 12.9. The summed E-state index contributed by atoms with van der Waals surface area (Å²) < 4.78 is 19.1. The summed E-state index contributed by atoms with van der Waals surface area (Å²) in [6.07, 6.45) is 0. The van der Waals surface area contributed by atoms with Crippen LogP contribution in [0, 0.1) is 5.82 Å². The third-order valence-electron chi connectivity index (χ3n) is 6.89. The van der Waals surface area contributed by atoms with E-state index in [4.69, 9.17) is 4.74 Å². The zero-order chi connectivity index (χ0) is 23.7. The normalized spacial score (nSPS) is 16.7. The van der Waals surface area contributed by atoms with E-state index in [2.05, 4.69) is 60.0 Å². The van der Waals surface area contributed by atoms with Crippen molar-refractivity contribution in [2.24, 2.45) is 0 Å². The van der Waals surface area contributed by atoms with E-state index >= 15 is 0 Å². The summed E-state index contributed by atoms with van der Waals surface area (Å²) in [5, 5.41) is 0. The van der Waals surface area contributed by atoms with Crippen LogP contribution in [0.2, 0.25) is 0 Å². The number of anilines is 1. The van der Waals surface area contributed by atoms with Gasteiger partial charge in [0.15, 0.2) is 0 Å². The minimum absolute atomic E-state index is 0.207. The molecule has 1 fully saturated rings. The van der Waals surface area contributed by atoms with Gasteiger partial charge in [-0.05, 0) is 84.1 Å². The molecule has 0 saturated carbocycles. The first kappa shape index (κ1) is 23.0. The highest BCUT2D eigenvalue weighted by molar-refractivity contribution is 7.99. The SMILES string of the molecule is COc1ccc2c(c1)SCC(c1ccc(F)cc1)=C2c1ccc(N2CCN(C(C)C)CC2)cc1. The fourth-order valence-corrected chi connectivity index (χ4v) is 6.02. The molecule has 3 nitrogen and oxygen atoms in total. The molecular formula is C29H31FN2OS. The lowest BCUT2D eigenvalue weighted by Crippen LogP contribution is -2.48. The molecule has 176 valence electrons. The summed E-state index contributed by atoms with van der Waals surface area (Å²) in [5.74, 6) is 1.49. The van der Waals surface area contributed by atoms with Crippen LogP contribution in [-0.4, -0.2) is 50.0 Å². The fraction of sp³-hybridized carbons (Fsp3) is 0.310. The van der Waals surface area contributed by atoms with Gasteiger partial charge in [0.1, 0.15) is 11.6 Å². The van der Waals surface area contributed by atoms with Gasteiger partial charge in [-0.3, -0.25) is 4.90 Å². The van der Waals surface area contributed by atoms with E-state index in [1.54, 1.807) is 19.2 Å². The Labute approximate surface area is 206 Å². The fourth-order valence-electron chi connectivity index (χ4n) is 4.88. The largest absolute Gasteiger partial charge is 0.497 e. The Kier molecular flexibility index (Phi) is 6.66. The topological polar surface area (TPSA) is 15.7 Å². The van der Waals surface area contributed by atoms with Crippen molar-refractivity contribution < 1.29 is 9.13 Å². The lowest BCUT2D eigenvalue weighted by molar-refractivity contribution is 0.209. The van der Waals surface area contributed by atoms with Crippen molar-refractivity contribution in [3.8, 4) is 5.75 Å². The van der Waals surface area contributed by atoms with Gasteiger partial charge in [-0.15, -0.1) is 11.8 Å². The maximum atomic E-state index is 13.6. The maximum absolute atomic E-state index is 13.6. The van der Waals surface area contributed by atoms with E-state index in [0.29, 0.717) is 6.04 Å². The van der Waals surface area contributed by atoms with E-state index in [-0.39, 0.29) is 5.82 Å². The number of fused-ring (bicyclic) bond motifs is 1. The third kappa shape index (κ3) is 4.59. The Hall–Kier alpha value is -2.76.